The number of tetrazole rings is 1. The number of benzene rings is 3. The van der Waals surface area contributed by atoms with E-state index in [1.54, 1.807) is 19.2 Å². The Hall–Kier alpha value is -3.71. The van der Waals surface area contributed by atoms with E-state index in [-0.39, 0.29) is 60.3 Å². The van der Waals surface area contributed by atoms with Gasteiger partial charge in [-0.25, -0.2) is 0 Å². The van der Waals surface area contributed by atoms with Gasteiger partial charge in [0.2, 0.25) is 5.91 Å². The number of aromatic nitrogens is 4. The maximum Gasteiger partial charge on any atom is 0.453 e. The molecule has 1 amide bonds. The topological polar surface area (TPSA) is 79.6 Å². The molecule has 0 bridgehead atoms. The summed E-state index contributed by atoms with van der Waals surface area (Å²) in [6.45, 7) is 8.00. The second-order valence-electron chi connectivity index (χ2n) is 12.8. The molecule has 0 radical (unpaired) electrons. The van der Waals surface area contributed by atoms with E-state index in [1.807, 2.05) is 17.0 Å². The number of alkyl halides is 3. The van der Waals surface area contributed by atoms with Crippen LogP contribution in [-0.4, -0.2) is 92.7 Å². The lowest BCUT2D eigenvalue weighted by Gasteiger charge is -2.53. The number of hydrogen-bond donors (Lipinski definition) is 0. The third-order valence-electron chi connectivity index (χ3n) is 9.13. The second-order valence-corrected chi connectivity index (χ2v) is 12.8. The standard InChI is InChI=1S/C35H40F3N7O2.2ClH/c1-24(2)18-32(46)43-16-17-44-29(22-43)21-42(23-30(44)33(25-10-6-4-7-11-25)26-12-8-5-9-13-26)20-27-19-28(14-15-31(27)47-3)45-34(35(36,37)38)39-40-41-45;;/h4-15,19,24,29-30,33H,16-18,20-23H2,1-3H3;2*1H. The van der Waals surface area contributed by atoms with Crippen LogP contribution >= 0.6 is 24.8 Å². The zero-order chi connectivity index (χ0) is 33.1. The van der Waals surface area contributed by atoms with E-state index in [0.717, 1.165) is 12.1 Å². The van der Waals surface area contributed by atoms with Crippen molar-refractivity contribution in [2.45, 2.75) is 51.0 Å². The lowest BCUT2D eigenvalue weighted by Crippen LogP contribution is -2.67. The summed E-state index contributed by atoms with van der Waals surface area (Å²) in [5.74, 6) is -0.121. The van der Waals surface area contributed by atoms with Gasteiger partial charge in [0.05, 0.1) is 12.8 Å². The van der Waals surface area contributed by atoms with E-state index >= 15 is 0 Å². The minimum atomic E-state index is -4.71. The summed E-state index contributed by atoms with van der Waals surface area (Å²) in [5, 5.41) is 10.1. The molecule has 2 fully saturated rings. The van der Waals surface area contributed by atoms with Crippen LogP contribution in [0.4, 0.5) is 13.2 Å². The van der Waals surface area contributed by atoms with Crippen molar-refractivity contribution in [3.8, 4) is 11.4 Å². The molecule has 0 aliphatic carbocycles. The average molecular weight is 721 g/mol. The Bertz CT molecular complexity index is 1620. The van der Waals surface area contributed by atoms with E-state index in [0.29, 0.717) is 49.6 Å². The van der Waals surface area contributed by atoms with Crippen LogP contribution < -0.4 is 4.74 Å². The van der Waals surface area contributed by atoms with Crippen molar-refractivity contribution < 1.29 is 22.7 Å². The van der Waals surface area contributed by atoms with Gasteiger partial charge in [-0.15, -0.1) is 29.9 Å². The van der Waals surface area contributed by atoms with Crippen molar-refractivity contribution in [2.75, 3.05) is 39.8 Å². The number of carbonyl (C=O) groups is 1. The minimum Gasteiger partial charge on any atom is -0.496 e. The van der Waals surface area contributed by atoms with Gasteiger partial charge in [-0.05, 0) is 45.7 Å². The highest BCUT2D eigenvalue weighted by atomic mass is 35.5. The zero-order valence-electron chi connectivity index (χ0n) is 27.7. The molecule has 3 heterocycles. The van der Waals surface area contributed by atoms with Gasteiger partial charge >= 0.3 is 6.18 Å². The molecule has 0 N–H and O–H groups in total. The monoisotopic (exact) mass is 719 g/mol. The molecular weight excluding hydrogens is 678 g/mol. The number of hydrogen-bond acceptors (Lipinski definition) is 7. The van der Waals surface area contributed by atoms with Crippen LogP contribution in [-0.2, 0) is 17.5 Å². The summed E-state index contributed by atoms with van der Waals surface area (Å²) in [4.78, 5) is 20.1. The Morgan fingerprint density at radius 2 is 1.57 bits per heavy atom. The van der Waals surface area contributed by atoms with Crippen LogP contribution in [0.3, 0.4) is 0 Å². The number of nitrogens with zero attached hydrogens (tertiary/aromatic N) is 7. The Morgan fingerprint density at radius 1 is 0.918 bits per heavy atom. The van der Waals surface area contributed by atoms with Crippen molar-refractivity contribution in [3.63, 3.8) is 0 Å². The molecule has 0 spiro atoms. The van der Waals surface area contributed by atoms with E-state index in [9.17, 15) is 18.0 Å². The van der Waals surface area contributed by atoms with Gasteiger partial charge in [-0.2, -0.15) is 17.9 Å². The molecule has 2 atom stereocenters. The number of fused-ring (bicyclic) bond motifs is 1. The summed E-state index contributed by atoms with van der Waals surface area (Å²) in [6, 6.07) is 26.0. The van der Waals surface area contributed by atoms with Gasteiger partial charge in [-0.3, -0.25) is 14.6 Å². The fourth-order valence-electron chi connectivity index (χ4n) is 7.10. The largest absolute Gasteiger partial charge is 0.496 e. The van der Waals surface area contributed by atoms with E-state index < -0.39 is 12.0 Å². The van der Waals surface area contributed by atoms with E-state index in [2.05, 4.69) is 87.7 Å². The van der Waals surface area contributed by atoms with Gasteiger partial charge in [0, 0.05) is 69.3 Å². The quantitative estimate of drug-likeness (QED) is 0.207. The number of piperazine rings is 2. The highest BCUT2D eigenvalue weighted by Gasteiger charge is 2.43. The molecule has 4 aromatic rings. The van der Waals surface area contributed by atoms with Crippen LogP contribution in [0.5, 0.6) is 5.75 Å². The molecule has 0 saturated carbocycles. The number of rotatable bonds is 9. The van der Waals surface area contributed by atoms with Crippen LogP contribution in [0.2, 0.25) is 0 Å². The third kappa shape index (κ3) is 8.54. The molecule has 1 aromatic heterocycles. The molecule has 3 aromatic carbocycles. The van der Waals surface area contributed by atoms with Gasteiger partial charge in [0.15, 0.2) is 0 Å². The van der Waals surface area contributed by atoms with Gasteiger partial charge in [0.1, 0.15) is 5.75 Å². The van der Waals surface area contributed by atoms with Crippen molar-refractivity contribution in [3.05, 3.63) is 101 Å². The maximum atomic E-state index is 13.7. The van der Waals surface area contributed by atoms with E-state index in [1.165, 1.54) is 17.2 Å². The Kier molecular flexibility index (Phi) is 12.7. The van der Waals surface area contributed by atoms with Gasteiger partial charge in [-0.1, -0.05) is 74.5 Å². The normalized spacial score (nSPS) is 18.5. The summed E-state index contributed by atoms with van der Waals surface area (Å²) < 4.78 is 47.4. The SMILES string of the molecule is COc1ccc(-n2nnnc2C(F)(F)F)cc1CN1CC2CN(C(=O)CC(C)C)CCN2C(C(c2ccccc2)c2ccccc2)C1.Cl.Cl. The Labute approximate surface area is 297 Å². The summed E-state index contributed by atoms with van der Waals surface area (Å²) in [6.07, 6.45) is -4.20. The molecule has 14 heteroatoms. The van der Waals surface area contributed by atoms with Crippen LogP contribution in [0.15, 0.2) is 78.9 Å². The Balaban J connectivity index is 0.00000270. The van der Waals surface area contributed by atoms with Gasteiger partial charge in [0.25, 0.3) is 5.82 Å². The summed E-state index contributed by atoms with van der Waals surface area (Å²) >= 11 is 0. The van der Waals surface area contributed by atoms with Crippen molar-refractivity contribution >= 4 is 30.7 Å². The first-order valence-corrected chi connectivity index (χ1v) is 16.0. The maximum absolute atomic E-state index is 13.7. The Morgan fingerprint density at radius 3 is 2.16 bits per heavy atom. The summed E-state index contributed by atoms with van der Waals surface area (Å²) in [5.41, 5.74) is 3.34. The zero-order valence-corrected chi connectivity index (χ0v) is 29.3. The number of ether oxygens (including phenoxy) is 1. The fraction of sp³-hybridized carbons (Fsp3) is 0.429. The molecule has 2 aliphatic heterocycles. The summed E-state index contributed by atoms with van der Waals surface area (Å²) in [7, 11) is 1.55. The molecule has 264 valence electrons. The number of methoxy groups -OCH3 is 1. The van der Waals surface area contributed by atoms with Crippen LogP contribution in [0.1, 0.15) is 48.7 Å². The lowest BCUT2D eigenvalue weighted by atomic mass is 9.81. The highest BCUT2D eigenvalue weighted by molar-refractivity contribution is 5.85. The average Bonchev–Trinajstić information content (AvgIpc) is 3.57. The fourth-order valence-corrected chi connectivity index (χ4v) is 7.10. The molecule has 2 saturated heterocycles. The number of carbonyl (C=O) groups excluding carboxylic acids is 1. The van der Waals surface area contributed by atoms with Crippen molar-refractivity contribution in [1.29, 1.82) is 0 Å². The first-order chi connectivity index (χ1) is 22.6. The highest BCUT2D eigenvalue weighted by Crippen LogP contribution is 2.37. The second kappa shape index (κ2) is 16.3. The molecule has 9 nitrogen and oxygen atoms in total. The smallest absolute Gasteiger partial charge is 0.453 e. The molecule has 2 unspecified atom stereocenters. The predicted octanol–water partition coefficient (Wildman–Crippen LogP) is 6.11. The molecule has 2 aliphatic rings. The molecular formula is C35H42Cl2F3N7O2. The first kappa shape index (κ1) is 38.1. The van der Waals surface area contributed by atoms with Crippen LogP contribution in [0.25, 0.3) is 5.69 Å². The molecule has 6 rings (SSSR count). The molecule has 49 heavy (non-hydrogen) atoms. The first-order valence-electron chi connectivity index (χ1n) is 16.0. The minimum absolute atomic E-state index is 0. The van der Waals surface area contributed by atoms with Crippen molar-refractivity contribution in [2.24, 2.45) is 5.92 Å². The van der Waals surface area contributed by atoms with Crippen molar-refractivity contribution in [1.82, 2.24) is 34.9 Å². The number of amides is 1. The predicted molar refractivity (Wildman–Crippen MR) is 186 cm³/mol. The lowest BCUT2D eigenvalue weighted by molar-refractivity contribution is -0.146. The van der Waals surface area contributed by atoms with E-state index in [4.69, 9.17) is 4.74 Å². The van der Waals surface area contributed by atoms with Crippen LogP contribution in [0, 0.1) is 5.92 Å². The van der Waals surface area contributed by atoms with Gasteiger partial charge < -0.3 is 9.64 Å². The number of halogens is 5. The third-order valence-corrected chi connectivity index (χ3v) is 9.13.